The van der Waals surface area contributed by atoms with Gasteiger partial charge in [0.05, 0.1) is 16.6 Å². The highest BCUT2D eigenvalue weighted by molar-refractivity contribution is 9.10. The van der Waals surface area contributed by atoms with Gasteiger partial charge < -0.3 is 19.5 Å². The van der Waals surface area contributed by atoms with E-state index in [1.807, 2.05) is 20.8 Å². The first-order valence-corrected chi connectivity index (χ1v) is 9.58. The first-order chi connectivity index (χ1) is 12.2. The number of piperidine rings is 1. The molecule has 6 nitrogen and oxygen atoms in total. The second-order valence-corrected chi connectivity index (χ2v) is 8.35. The molecule has 1 saturated heterocycles. The minimum absolute atomic E-state index is 0.203. The molecule has 0 radical (unpaired) electrons. The maximum atomic E-state index is 12.1. The van der Waals surface area contributed by atoms with Crippen LogP contribution in [0.25, 0.3) is 0 Å². The molecule has 0 saturated carbocycles. The minimum Gasteiger partial charge on any atom is -0.492 e. The maximum Gasteiger partial charge on any atom is 0.410 e. The van der Waals surface area contributed by atoms with Crippen molar-refractivity contribution in [1.29, 1.82) is 0 Å². The molecular weight excluding hydrogens is 402 g/mol. The van der Waals surface area contributed by atoms with Gasteiger partial charge in [-0.05, 0) is 80.1 Å². The van der Waals surface area contributed by atoms with Gasteiger partial charge in [-0.2, -0.15) is 0 Å². The van der Waals surface area contributed by atoms with E-state index in [1.165, 1.54) is 12.1 Å². The van der Waals surface area contributed by atoms with Crippen LogP contribution in [0.1, 0.15) is 50.4 Å². The second kappa shape index (κ2) is 8.75. The molecule has 1 aliphatic rings. The van der Waals surface area contributed by atoms with Crippen molar-refractivity contribution in [2.24, 2.45) is 5.92 Å². The van der Waals surface area contributed by atoms with Crippen molar-refractivity contribution in [3.05, 3.63) is 28.2 Å². The van der Waals surface area contributed by atoms with Crippen LogP contribution in [0.15, 0.2) is 22.7 Å². The lowest BCUT2D eigenvalue weighted by Gasteiger charge is -2.33. The van der Waals surface area contributed by atoms with Crippen molar-refractivity contribution in [1.82, 2.24) is 4.90 Å². The molecule has 26 heavy (non-hydrogen) atoms. The fourth-order valence-corrected chi connectivity index (χ4v) is 3.17. The van der Waals surface area contributed by atoms with E-state index in [2.05, 4.69) is 15.9 Å². The molecule has 144 valence electrons. The number of hydrogen-bond acceptors (Lipinski definition) is 4. The Morgan fingerprint density at radius 3 is 2.50 bits per heavy atom. The van der Waals surface area contributed by atoms with Gasteiger partial charge in [0.2, 0.25) is 0 Å². The monoisotopic (exact) mass is 427 g/mol. The lowest BCUT2D eigenvalue weighted by Crippen LogP contribution is -2.41. The molecule has 0 aliphatic carbocycles. The predicted octanol–water partition coefficient (Wildman–Crippen LogP) is 4.56. The van der Waals surface area contributed by atoms with Gasteiger partial charge in [-0.3, -0.25) is 0 Å². The number of carboxylic acids is 1. The van der Waals surface area contributed by atoms with Crippen molar-refractivity contribution < 1.29 is 24.2 Å². The third kappa shape index (κ3) is 6.20. The summed E-state index contributed by atoms with van der Waals surface area (Å²) < 4.78 is 11.9. The summed E-state index contributed by atoms with van der Waals surface area (Å²) in [6, 6.07) is 4.74. The summed E-state index contributed by atoms with van der Waals surface area (Å²) in [5.41, 5.74) is -0.270. The van der Waals surface area contributed by atoms with Gasteiger partial charge in [-0.15, -0.1) is 0 Å². The van der Waals surface area contributed by atoms with Crippen LogP contribution in [0, 0.1) is 5.92 Å². The number of hydrogen-bond donors (Lipinski definition) is 1. The number of halogens is 1. The van der Waals surface area contributed by atoms with Crippen LogP contribution in [0.4, 0.5) is 4.79 Å². The lowest BCUT2D eigenvalue weighted by atomic mass is 9.94. The molecule has 0 spiro atoms. The molecule has 1 N–H and O–H groups in total. The summed E-state index contributed by atoms with van der Waals surface area (Å²) in [5.74, 6) is 0.0445. The number of ether oxygens (including phenoxy) is 2. The molecular formula is C19H26BrNO5. The third-order valence-corrected chi connectivity index (χ3v) is 4.88. The first kappa shape index (κ1) is 20.6. The normalized spacial score (nSPS) is 15.6. The molecule has 1 aromatic carbocycles. The van der Waals surface area contributed by atoms with Gasteiger partial charge in [-0.1, -0.05) is 0 Å². The van der Waals surface area contributed by atoms with Crippen LogP contribution in [0.5, 0.6) is 5.75 Å². The quantitative estimate of drug-likeness (QED) is 0.744. The second-order valence-electron chi connectivity index (χ2n) is 7.50. The zero-order chi connectivity index (χ0) is 19.3. The van der Waals surface area contributed by atoms with Crippen molar-refractivity contribution in [3.8, 4) is 5.75 Å². The summed E-state index contributed by atoms with van der Waals surface area (Å²) in [6.45, 7) is 7.50. The summed E-state index contributed by atoms with van der Waals surface area (Å²) in [4.78, 5) is 24.9. The zero-order valence-electron chi connectivity index (χ0n) is 15.5. The van der Waals surface area contributed by atoms with Crippen molar-refractivity contribution in [3.63, 3.8) is 0 Å². The Kier molecular flexibility index (Phi) is 6.92. The molecule has 1 aromatic rings. The standard InChI is InChI=1S/C19H26BrNO5/c1-19(2,3)26-18(24)21-9-6-13(7-10-21)8-11-25-16-12-14(17(22)23)4-5-15(16)20/h4-5,12-13H,6-11H2,1-3H3,(H,22,23). The molecule has 1 heterocycles. The summed E-state index contributed by atoms with van der Waals surface area (Å²) in [5, 5.41) is 9.06. The van der Waals surface area contributed by atoms with E-state index >= 15 is 0 Å². The predicted molar refractivity (Wildman–Crippen MR) is 102 cm³/mol. The van der Waals surface area contributed by atoms with Crippen LogP contribution >= 0.6 is 15.9 Å². The number of carboxylic acid groups (broad SMARTS) is 1. The van der Waals surface area contributed by atoms with E-state index in [-0.39, 0.29) is 11.7 Å². The van der Waals surface area contributed by atoms with E-state index in [4.69, 9.17) is 14.6 Å². The van der Waals surface area contributed by atoms with Crippen molar-refractivity contribution in [2.75, 3.05) is 19.7 Å². The van der Waals surface area contributed by atoms with Gasteiger partial charge >= 0.3 is 12.1 Å². The average molecular weight is 428 g/mol. The number of nitrogens with zero attached hydrogens (tertiary/aromatic N) is 1. The van der Waals surface area contributed by atoms with Crippen LogP contribution < -0.4 is 4.74 Å². The fraction of sp³-hybridized carbons (Fsp3) is 0.579. The Balaban J connectivity index is 1.76. The smallest absolute Gasteiger partial charge is 0.410 e. The molecule has 0 aromatic heterocycles. The van der Waals surface area contributed by atoms with Crippen LogP contribution in [-0.2, 0) is 4.74 Å². The average Bonchev–Trinajstić information content (AvgIpc) is 2.55. The number of benzene rings is 1. The Bertz CT molecular complexity index is 648. The largest absolute Gasteiger partial charge is 0.492 e. The first-order valence-electron chi connectivity index (χ1n) is 8.79. The highest BCUT2D eigenvalue weighted by Crippen LogP contribution is 2.28. The maximum absolute atomic E-state index is 12.1. The van der Waals surface area contributed by atoms with E-state index in [1.54, 1.807) is 11.0 Å². The van der Waals surface area contributed by atoms with Gasteiger partial charge in [0.1, 0.15) is 11.4 Å². The SMILES string of the molecule is CC(C)(C)OC(=O)N1CCC(CCOc2cc(C(=O)O)ccc2Br)CC1. The van der Waals surface area contributed by atoms with Crippen molar-refractivity contribution >= 4 is 28.0 Å². The van der Waals surface area contributed by atoms with Gasteiger partial charge in [0.15, 0.2) is 0 Å². The van der Waals surface area contributed by atoms with E-state index in [9.17, 15) is 9.59 Å². The topological polar surface area (TPSA) is 76.1 Å². The number of likely N-dealkylation sites (tertiary alicyclic amines) is 1. The van der Waals surface area contributed by atoms with Gasteiger partial charge in [0, 0.05) is 13.1 Å². The minimum atomic E-state index is -0.975. The molecule has 2 rings (SSSR count). The highest BCUT2D eigenvalue weighted by Gasteiger charge is 2.26. The Labute approximate surface area is 162 Å². The Morgan fingerprint density at radius 1 is 1.27 bits per heavy atom. The number of carbonyl (C=O) groups excluding carboxylic acids is 1. The number of carbonyl (C=O) groups is 2. The third-order valence-electron chi connectivity index (χ3n) is 4.23. The van der Waals surface area contributed by atoms with E-state index < -0.39 is 11.6 Å². The Hall–Kier alpha value is -1.76. The molecule has 0 bridgehead atoms. The Morgan fingerprint density at radius 2 is 1.92 bits per heavy atom. The molecule has 1 aliphatic heterocycles. The van der Waals surface area contributed by atoms with Crippen LogP contribution in [0.2, 0.25) is 0 Å². The highest BCUT2D eigenvalue weighted by atomic mass is 79.9. The number of aromatic carboxylic acids is 1. The summed E-state index contributed by atoms with van der Waals surface area (Å²) in [7, 11) is 0. The molecule has 0 atom stereocenters. The summed E-state index contributed by atoms with van der Waals surface area (Å²) >= 11 is 3.38. The van der Waals surface area contributed by atoms with E-state index in [0.29, 0.717) is 31.4 Å². The fourth-order valence-electron chi connectivity index (χ4n) is 2.81. The van der Waals surface area contributed by atoms with Crippen LogP contribution in [-0.4, -0.2) is 47.4 Å². The molecule has 1 fully saturated rings. The van der Waals surface area contributed by atoms with Crippen molar-refractivity contribution in [2.45, 2.75) is 45.6 Å². The zero-order valence-corrected chi connectivity index (χ0v) is 17.0. The van der Waals surface area contributed by atoms with Crippen LogP contribution in [0.3, 0.4) is 0 Å². The summed E-state index contributed by atoms with van der Waals surface area (Å²) in [6.07, 6.45) is 2.45. The van der Waals surface area contributed by atoms with Gasteiger partial charge in [-0.25, -0.2) is 9.59 Å². The molecule has 0 unspecified atom stereocenters. The molecule has 1 amide bonds. The lowest BCUT2D eigenvalue weighted by molar-refractivity contribution is 0.0177. The van der Waals surface area contributed by atoms with Gasteiger partial charge in [0.25, 0.3) is 0 Å². The number of rotatable bonds is 5. The number of amides is 1. The molecule has 7 heteroatoms. The van der Waals surface area contributed by atoms with E-state index in [0.717, 1.165) is 23.7 Å².